The van der Waals surface area contributed by atoms with E-state index < -0.39 is 11.9 Å². The number of likely N-dealkylation sites (tertiary alicyclic amines) is 1. The van der Waals surface area contributed by atoms with Crippen molar-refractivity contribution in [3.63, 3.8) is 0 Å². The third kappa shape index (κ3) is 2.98. The number of nitrogens with one attached hydrogen (secondary N) is 1. The molecular weight excluding hydrogens is 288 g/mol. The molecule has 0 aromatic carbocycles. The van der Waals surface area contributed by atoms with Gasteiger partial charge in [-0.25, -0.2) is 0 Å². The normalized spacial score (nSPS) is 24.8. The summed E-state index contributed by atoms with van der Waals surface area (Å²) >= 11 is 0. The number of hydrogen-bond donors (Lipinski definition) is 2. The molecule has 0 radical (unpaired) electrons. The molecular formula is C15H18N2O5. The van der Waals surface area contributed by atoms with Gasteiger partial charge >= 0.3 is 5.97 Å². The molecule has 2 heterocycles. The first-order chi connectivity index (χ1) is 10.6. The molecule has 2 aliphatic rings. The SMILES string of the molecule is O=C(O)C1CC1C(=O)NC1CCN(C(=O)c2ccoc2)CC1. The number of piperidine rings is 1. The van der Waals surface area contributed by atoms with Gasteiger partial charge in [-0.15, -0.1) is 0 Å². The van der Waals surface area contributed by atoms with Gasteiger partial charge in [0.25, 0.3) is 5.91 Å². The van der Waals surface area contributed by atoms with E-state index in [9.17, 15) is 14.4 Å². The number of furan rings is 1. The van der Waals surface area contributed by atoms with Crippen LogP contribution in [0.3, 0.4) is 0 Å². The van der Waals surface area contributed by atoms with Gasteiger partial charge in [0.15, 0.2) is 0 Å². The van der Waals surface area contributed by atoms with Gasteiger partial charge in [-0.2, -0.15) is 0 Å². The molecule has 7 heteroatoms. The summed E-state index contributed by atoms with van der Waals surface area (Å²) in [7, 11) is 0. The van der Waals surface area contributed by atoms with E-state index in [2.05, 4.69) is 5.32 Å². The van der Waals surface area contributed by atoms with Crippen LogP contribution in [0.5, 0.6) is 0 Å². The standard InChI is InChI=1S/C15H18N2O5/c18-13(11-7-12(11)15(20)21)16-10-1-4-17(5-2-10)14(19)9-3-6-22-8-9/h3,6,8,10-12H,1-2,4-5,7H2,(H,16,18)(H,20,21). The van der Waals surface area contributed by atoms with Crippen molar-refractivity contribution in [2.45, 2.75) is 25.3 Å². The van der Waals surface area contributed by atoms with Gasteiger partial charge < -0.3 is 19.7 Å². The molecule has 0 spiro atoms. The monoisotopic (exact) mass is 306 g/mol. The Hall–Kier alpha value is -2.31. The third-order valence-electron chi connectivity index (χ3n) is 4.34. The number of carbonyl (C=O) groups is 3. The van der Waals surface area contributed by atoms with Gasteiger partial charge in [-0.1, -0.05) is 0 Å². The second-order valence-electron chi connectivity index (χ2n) is 5.87. The maximum absolute atomic E-state index is 12.1. The van der Waals surface area contributed by atoms with Gasteiger partial charge in [-0.05, 0) is 25.3 Å². The summed E-state index contributed by atoms with van der Waals surface area (Å²) < 4.78 is 4.91. The summed E-state index contributed by atoms with van der Waals surface area (Å²) in [5.41, 5.74) is 0.532. The van der Waals surface area contributed by atoms with Crippen molar-refractivity contribution in [3.05, 3.63) is 24.2 Å². The fourth-order valence-electron chi connectivity index (χ4n) is 2.86. The van der Waals surface area contributed by atoms with Crippen molar-refractivity contribution in [2.75, 3.05) is 13.1 Å². The maximum atomic E-state index is 12.1. The predicted molar refractivity (Wildman–Crippen MR) is 75.0 cm³/mol. The molecule has 2 N–H and O–H groups in total. The summed E-state index contributed by atoms with van der Waals surface area (Å²) in [5, 5.41) is 11.7. The van der Waals surface area contributed by atoms with Crippen LogP contribution < -0.4 is 5.32 Å². The average molecular weight is 306 g/mol. The Morgan fingerprint density at radius 3 is 2.50 bits per heavy atom. The highest BCUT2D eigenvalue weighted by Crippen LogP contribution is 2.38. The van der Waals surface area contributed by atoms with Crippen molar-refractivity contribution >= 4 is 17.8 Å². The van der Waals surface area contributed by atoms with Crippen LogP contribution in [0.25, 0.3) is 0 Å². The number of carboxylic acid groups (broad SMARTS) is 1. The van der Waals surface area contributed by atoms with E-state index in [4.69, 9.17) is 9.52 Å². The molecule has 22 heavy (non-hydrogen) atoms. The second kappa shape index (κ2) is 5.82. The van der Waals surface area contributed by atoms with Crippen molar-refractivity contribution in [1.82, 2.24) is 10.2 Å². The highest BCUT2D eigenvalue weighted by Gasteiger charge is 2.48. The van der Waals surface area contributed by atoms with E-state index in [-0.39, 0.29) is 23.8 Å². The molecule has 1 aliphatic heterocycles. The Morgan fingerprint density at radius 2 is 1.95 bits per heavy atom. The highest BCUT2D eigenvalue weighted by atomic mass is 16.4. The number of amides is 2. The largest absolute Gasteiger partial charge is 0.481 e. The molecule has 1 aromatic heterocycles. The molecule has 1 aliphatic carbocycles. The number of rotatable bonds is 4. The number of nitrogens with zero attached hydrogens (tertiary/aromatic N) is 1. The summed E-state index contributed by atoms with van der Waals surface area (Å²) in [4.78, 5) is 36.6. The second-order valence-corrected chi connectivity index (χ2v) is 5.87. The summed E-state index contributed by atoms with van der Waals surface area (Å²) in [6.07, 6.45) is 4.68. The summed E-state index contributed by atoms with van der Waals surface area (Å²) in [6.45, 7) is 1.14. The van der Waals surface area contributed by atoms with Crippen molar-refractivity contribution in [2.24, 2.45) is 11.8 Å². The maximum Gasteiger partial charge on any atom is 0.307 e. The molecule has 1 saturated heterocycles. The van der Waals surface area contributed by atoms with Gasteiger partial charge in [0, 0.05) is 19.1 Å². The number of carboxylic acids is 1. The molecule has 1 aromatic rings. The van der Waals surface area contributed by atoms with E-state index >= 15 is 0 Å². The minimum absolute atomic E-state index is 0.0101. The number of carbonyl (C=O) groups excluding carboxylic acids is 2. The fourth-order valence-corrected chi connectivity index (χ4v) is 2.86. The zero-order valence-electron chi connectivity index (χ0n) is 12.0. The third-order valence-corrected chi connectivity index (χ3v) is 4.34. The molecule has 118 valence electrons. The highest BCUT2D eigenvalue weighted by molar-refractivity contribution is 5.94. The van der Waals surface area contributed by atoms with Crippen molar-refractivity contribution in [1.29, 1.82) is 0 Å². The topological polar surface area (TPSA) is 99.8 Å². The number of hydrogen-bond acceptors (Lipinski definition) is 4. The van der Waals surface area contributed by atoms with Crippen LogP contribution in [-0.2, 0) is 9.59 Å². The summed E-state index contributed by atoms with van der Waals surface area (Å²) in [6, 6.07) is 1.64. The van der Waals surface area contributed by atoms with Crippen LogP contribution in [0, 0.1) is 11.8 Å². The van der Waals surface area contributed by atoms with Crippen LogP contribution in [-0.4, -0.2) is 46.9 Å². The minimum atomic E-state index is -0.902. The first-order valence-electron chi connectivity index (χ1n) is 7.41. The van der Waals surface area contributed by atoms with Gasteiger partial charge in [0.2, 0.25) is 5.91 Å². The Morgan fingerprint density at radius 1 is 1.23 bits per heavy atom. The lowest BCUT2D eigenvalue weighted by molar-refractivity contribution is -0.140. The van der Waals surface area contributed by atoms with Crippen LogP contribution >= 0.6 is 0 Å². The van der Waals surface area contributed by atoms with Crippen LogP contribution in [0.15, 0.2) is 23.0 Å². The Bertz CT molecular complexity index is 575. The van der Waals surface area contributed by atoms with E-state index in [0.29, 0.717) is 37.9 Å². The average Bonchev–Trinajstić information content (AvgIpc) is 3.14. The van der Waals surface area contributed by atoms with Gasteiger partial charge in [0.1, 0.15) is 6.26 Å². The van der Waals surface area contributed by atoms with E-state index in [1.165, 1.54) is 12.5 Å². The molecule has 7 nitrogen and oxygen atoms in total. The van der Waals surface area contributed by atoms with E-state index in [1.807, 2.05) is 0 Å². The molecule has 3 rings (SSSR count). The Labute approximate surface area is 127 Å². The lowest BCUT2D eigenvalue weighted by Gasteiger charge is -2.32. The molecule has 2 fully saturated rings. The first kappa shape index (κ1) is 14.6. The Balaban J connectivity index is 1.45. The smallest absolute Gasteiger partial charge is 0.307 e. The van der Waals surface area contributed by atoms with Crippen LogP contribution in [0.2, 0.25) is 0 Å². The van der Waals surface area contributed by atoms with Gasteiger partial charge in [0.05, 0.1) is 23.7 Å². The predicted octanol–water partition coefficient (Wildman–Crippen LogP) is 0.721. The molecule has 2 atom stereocenters. The van der Waals surface area contributed by atoms with Crippen LogP contribution in [0.1, 0.15) is 29.6 Å². The fraction of sp³-hybridized carbons (Fsp3) is 0.533. The van der Waals surface area contributed by atoms with Crippen molar-refractivity contribution < 1.29 is 23.9 Å². The first-order valence-corrected chi connectivity index (χ1v) is 7.41. The van der Waals surface area contributed by atoms with E-state index in [1.54, 1.807) is 11.0 Å². The molecule has 2 amide bonds. The van der Waals surface area contributed by atoms with Gasteiger partial charge in [-0.3, -0.25) is 14.4 Å². The number of aliphatic carboxylic acids is 1. The quantitative estimate of drug-likeness (QED) is 0.854. The lowest BCUT2D eigenvalue weighted by Crippen LogP contribution is -2.47. The lowest BCUT2D eigenvalue weighted by atomic mass is 10.0. The van der Waals surface area contributed by atoms with Crippen molar-refractivity contribution in [3.8, 4) is 0 Å². The van der Waals surface area contributed by atoms with Crippen LogP contribution in [0.4, 0.5) is 0 Å². The Kier molecular flexibility index (Phi) is 3.87. The zero-order valence-corrected chi connectivity index (χ0v) is 12.0. The molecule has 1 saturated carbocycles. The molecule has 0 bridgehead atoms. The van der Waals surface area contributed by atoms with E-state index in [0.717, 1.165) is 0 Å². The summed E-state index contributed by atoms with van der Waals surface area (Å²) in [5.74, 6) is -2.05. The minimum Gasteiger partial charge on any atom is -0.481 e. The zero-order chi connectivity index (χ0) is 15.7. The molecule has 2 unspecified atom stereocenters.